The molecule has 20 heavy (non-hydrogen) atoms. The van der Waals surface area contributed by atoms with Crippen LogP contribution in [-0.4, -0.2) is 48.1 Å². The highest BCUT2D eigenvalue weighted by atomic mass is 16.4. The van der Waals surface area contributed by atoms with Crippen LogP contribution in [0.1, 0.15) is 39.5 Å². The van der Waals surface area contributed by atoms with E-state index in [1.54, 1.807) is 13.8 Å². The maximum Gasteiger partial charge on any atom is 0.309 e. The van der Waals surface area contributed by atoms with Gasteiger partial charge in [0.15, 0.2) is 0 Å². The Morgan fingerprint density at radius 2 is 2.00 bits per heavy atom. The molecule has 2 N–H and O–H groups in total. The predicted octanol–water partition coefficient (Wildman–Crippen LogP) is 1.34. The lowest BCUT2D eigenvalue weighted by molar-refractivity contribution is -0.153. The molecule has 0 aromatic heterocycles. The van der Waals surface area contributed by atoms with Crippen LogP contribution in [0.4, 0.5) is 0 Å². The average Bonchev–Trinajstić information content (AvgIpc) is 2.47. The first-order valence-electron chi connectivity index (χ1n) is 7.66. The summed E-state index contributed by atoms with van der Waals surface area (Å²) in [5.74, 6) is -0.427. The van der Waals surface area contributed by atoms with E-state index in [0.29, 0.717) is 6.54 Å². The third-order valence-electron chi connectivity index (χ3n) is 4.95. The lowest BCUT2D eigenvalue weighted by Crippen LogP contribution is -2.50. The van der Waals surface area contributed by atoms with E-state index in [9.17, 15) is 14.7 Å². The summed E-state index contributed by atoms with van der Waals surface area (Å²) < 4.78 is 0. The van der Waals surface area contributed by atoms with Crippen molar-refractivity contribution in [1.82, 2.24) is 10.2 Å². The number of aliphatic carboxylic acids is 1. The van der Waals surface area contributed by atoms with Gasteiger partial charge in [0.2, 0.25) is 5.91 Å². The van der Waals surface area contributed by atoms with Crippen molar-refractivity contribution in [2.45, 2.75) is 39.5 Å². The van der Waals surface area contributed by atoms with E-state index in [1.807, 2.05) is 4.90 Å². The van der Waals surface area contributed by atoms with Crippen molar-refractivity contribution in [2.24, 2.45) is 17.3 Å². The molecule has 0 aromatic carbocycles. The third-order valence-corrected chi connectivity index (χ3v) is 4.95. The normalized spacial score (nSPS) is 28.2. The number of piperidine rings is 2. The summed E-state index contributed by atoms with van der Waals surface area (Å²) in [7, 11) is 0. The van der Waals surface area contributed by atoms with Gasteiger partial charge in [0.25, 0.3) is 0 Å². The molecule has 2 aliphatic heterocycles. The number of carboxylic acid groups (broad SMARTS) is 1. The highest BCUT2D eigenvalue weighted by Gasteiger charge is 2.40. The van der Waals surface area contributed by atoms with Crippen LogP contribution < -0.4 is 5.32 Å². The predicted molar refractivity (Wildman–Crippen MR) is 76.3 cm³/mol. The number of hydrogen-bond acceptors (Lipinski definition) is 3. The van der Waals surface area contributed by atoms with E-state index in [1.165, 1.54) is 0 Å². The number of hydrogen-bond donors (Lipinski definition) is 2. The fourth-order valence-electron chi connectivity index (χ4n) is 3.26. The molecule has 2 fully saturated rings. The lowest BCUT2D eigenvalue weighted by Gasteiger charge is -2.40. The van der Waals surface area contributed by atoms with E-state index in [0.717, 1.165) is 45.3 Å². The molecule has 0 spiro atoms. The molecule has 5 nitrogen and oxygen atoms in total. The van der Waals surface area contributed by atoms with Crippen LogP contribution in [0.5, 0.6) is 0 Å². The van der Waals surface area contributed by atoms with Crippen LogP contribution in [0.2, 0.25) is 0 Å². The molecular weight excluding hydrogens is 256 g/mol. The molecule has 2 heterocycles. The molecule has 5 heteroatoms. The Bertz CT molecular complexity index is 375. The van der Waals surface area contributed by atoms with Gasteiger partial charge < -0.3 is 15.3 Å². The number of carbonyl (C=O) groups is 2. The van der Waals surface area contributed by atoms with Crippen molar-refractivity contribution >= 4 is 11.9 Å². The van der Waals surface area contributed by atoms with Crippen LogP contribution in [0, 0.1) is 17.3 Å². The Balaban J connectivity index is 1.99. The molecule has 1 amide bonds. The number of nitrogens with one attached hydrogen (secondary N) is 1. The van der Waals surface area contributed by atoms with Crippen molar-refractivity contribution in [3.05, 3.63) is 0 Å². The number of nitrogens with zero attached hydrogens (tertiary/aromatic N) is 1. The van der Waals surface area contributed by atoms with Crippen molar-refractivity contribution < 1.29 is 14.7 Å². The standard InChI is InChI=1S/C15H26N2O3/c1-15(2,14(19)20)12-6-4-8-17(10-12)13(18)11-5-3-7-16-9-11/h11-12,16H,3-10H2,1-2H3,(H,19,20)/t11-,12?/m1/s1. The summed E-state index contributed by atoms with van der Waals surface area (Å²) in [6.45, 7) is 6.68. The maximum absolute atomic E-state index is 12.5. The molecule has 1 unspecified atom stereocenters. The second kappa shape index (κ2) is 6.12. The minimum Gasteiger partial charge on any atom is -0.481 e. The zero-order valence-electron chi connectivity index (χ0n) is 12.5. The van der Waals surface area contributed by atoms with Gasteiger partial charge in [-0.15, -0.1) is 0 Å². The van der Waals surface area contributed by atoms with Gasteiger partial charge in [-0.3, -0.25) is 9.59 Å². The molecule has 0 saturated carbocycles. The molecule has 0 radical (unpaired) electrons. The summed E-state index contributed by atoms with van der Waals surface area (Å²) in [6.07, 6.45) is 3.81. The molecule has 114 valence electrons. The van der Waals surface area contributed by atoms with Crippen LogP contribution in [-0.2, 0) is 9.59 Å². The van der Waals surface area contributed by atoms with Gasteiger partial charge in [0, 0.05) is 19.6 Å². The Hall–Kier alpha value is -1.10. The fraction of sp³-hybridized carbons (Fsp3) is 0.867. The quantitative estimate of drug-likeness (QED) is 0.819. The summed E-state index contributed by atoms with van der Waals surface area (Å²) in [5.41, 5.74) is -0.760. The molecule has 2 atom stereocenters. The minimum atomic E-state index is -0.767. The zero-order valence-corrected chi connectivity index (χ0v) is 12.5. The molecule has 0 aliphatic carbocycles. The molecular formula is C15H26N2O3. The van der Waals surface area contributed by atoms with Gasteiger partial charge in [-0.05, 0) is 52.0 Å². The van der Waals surface area contributed by atoms with Crippen molar-refractivity contribution in [2.75, 3.05) is 26.2 Å². The van der Waals surface area contributed by atoms with Crippen LogP contribution >= 0.6 is 0 Å². The number of rotatable bonds is 3. The monoisotopic (exact) mass is 282 g/mol. The van der Waals surface area contributed by atoms with Gasteiger partial charge in [-0.1, -0.05) is 0 Å². The highest BCUT2D eigenvalue weighted by molar-refractivity contribution is 5.79. The highest BCUT2D eigenvalue weighted by Crippen LogP contribution is 2.34. The van der Waals surface area contributed by atoms with Crippen molar-refractivity contribution in [1.29, 1.82) is 0 Å². The number of likely N-dealkylation sites (tertiary alicyclic amines) is 1. The SMILES string of the molecule is CC(C)(C(=O)O)C1CCCN(C(=O)[C@@H]2CCCNC2)C1. The fourth-order valence-corrected chi connectivity index (χ4v) is 3.26. The Labute approximate surface area is 120 Å². The Morgan fingerprint density at radius 3 is 2.60 bits per heavy atom. The van der Waals surface area contributed by atoms with E-state index in [2.05, 4.69) is 5.32 Å². The number of amides is 1. The molecule has 2 aliphatic rings. The van der Waals surface area contributed by atoms with Gasteiger partial charge in [0.1, 0.15) is 0 Å². The molecule has 0 bridgehead atoms. The summed E-state index contributed by atoms with van der Waals surface area (Å²) in [5, 5.41) is 12.6. The Morgan fingerprint density at radius 1 is 1.25 bits per heavy atom. The Kier molecular flexibility index (Phi) is 4.68. The first-order chi connectivity index (χ1) is 9.43. The van der Waals surface area contributed by atoms with Gasteiger partial charge in [-0.2, -0.15) is 0 Å². The van der Waals surface area contributed by atoms with Crippen molar-refractivity contribution in [3.8, 4) is 0 Å². The topological polar surface area (TPSA) is 69.6 Å². The smallest absolute Gasteiger partial charge is 0.309 e. The zero-order chi connectivity index (χ0) is 14.8. The second-order valence-electron chi connectivity index (χ2n) is 6.69. The number of carbonyl (C=O) groups excluding carboxylic acids is 1. The van der Waals surface area contributed by atoms with Crippen LogP contribution in [0.3, 0.4) is 0 Å². The minimum absolute atomic E-state index is 0.0502. The van der Waals surface area contributed by atoms with Crippen LogP contribution in [0.15, 0.2) is 0 Å². The maximum atomic E-state index is 12.5. The second-order valence-corrected chi connectivity index (χ2v) is 6.69. The van der Waals surface area contributed by atoms with E-state index in [4.69, 9.17) is 0 Å². The number of carboxylic acids is 1. The van der Waals surface area contributed by atoms with Gasteiger partial charge in [-0.25, -0.2) is 0 Å². The van der Waals surface area contributed by atoms with Gasteiger partial charge >= 0.3 is 5.97 Å². The largest absolute Gasteiger partial charge is 0.481 e. The van der Waals surface area contributed by atoms with Crippen molar-refractivity contribution in [3.63, 3.8) is 0 Å². The third kappa shape index (κ3) is 3.14. The average molecular weight is 282 g/mol. The van der Waals surface area contributed by atoms with E-state index < -0.39 is 11.4 Å². The molecule has 0 aromatic rings. The summed E-state index contributed by atoms with van der Waals surface area (Å²) in [4.78, 5) is 25.8. The molecule has 2 saturated heterocycles. The molecule has 2 rings (SSSR count). The van der Waals surface area contributed by atoms with Crippen LogP contribution in [0.25, 0.3) is 0 Å². The van der Waals surface area contributed by atoms with E-state index >= 15 is 0 Å². The van der Waals surface area contributed by atoms with E-state index in [-0.39, 0.29) is 17.7 Å². The summed E-state index contributed by atoms with van der Waals surface area (Å²) >= 11 is 0. The first-order valence-corrected chi connectivity index (χ1v) is 7.66. The van der Waals surface area contributed by atoms with Gasteiger partial charge in [0.05, 0.1) is 11.3 Å². The summed E-state index contributed by atoms with van der Waals surface area (Å²) in [6, 6.07) is 0. The first kappa shape index (κ1) is 15.3. The lowest BCUT2D eigenvalue weighted by atomic mass is 9.74.